The van der Waals surface area contributed by atoms with Crippen molar-refractivity contribution in [2.75, 3.05) is 13.2 Å². The molecule has 0 aliphatic carbocycles. The van der Waals surface area contributed by atoms with Crippen LogP contribution in [0, 0.1) is 0 Å². The zero-order chi connectivity index (χ0) is 14.4. The van der Waals surface area contributed by atoms with Crippen LogP contribution in [0.5, 0.6) is 0 Å². The third-order valence-corrected chi connectivity index (χ3v) is 3.78. The van der Waals surface area contributed by atoms with Crippen LogP contribution in [0.1, 0.15) is 6.92 Å². The molecule has 4 N–H and O–H groups in total. The monoisotopic (exact) mass is 325 g/mol. The predicted molar refractivity (Wildman–Crippen MR) is 58.4 cm³/mol. The Morgan fingerprint density at radius 1 is 1.33 bits per heavy atom. The van der Waals surface area contributed by atoms with Crippen molar-refractivity contribution in [1.29, 1.82) is 0 Å². The van der Waals surface area contributed by atoms with Gasteiger partial charge in [-0.3, -0.25) is 4.52 Å². The van der Waals surface area contributed by atoms with Crippen LogP contribution in [-0.4, -0.2) is 32.8 Å². The lowest BCUT2D eigenvalue weighted by Crippen LogP contribution is -1.96. The molecule has 0 saturated carbocycles. The van der Waals surface area contributed by atoms with E-state index in [0.29, 0.717) is 5.57 Å². The van der Waals surface area contributed by atoms with E-state index in [1.54, 1.807) is 0 Å². The third-order valence-electron chi connectivity index (χ3n) is 1.28. The molecule has 2 atom stereocenters. The number of rotatable bonds is 8. The van der Waals surface area contributed by atoms with E-state index in [9.17, 15) is 13.7 Å². The van der Waals surface area contributed by atoms with E-state index in [2.05, 4.69) is 13.4 Å². The van der Waals surface area contributed by atoms with Crippen molar-refractivity contribution in [2.45, 2.75) is 6.92 Å². The molecule has 0 heterocycles. The van der Waals surface area contributed by atoms with Crippen LogP contribution in [-0.2, 0) is 27.1 Å². The number of phosphoric acid groups is 2. The Morgan fingerprint density at radius 3 is 2.33 bits per heavy atom. The van der Waals surface area contributed by atoms with Crippen LogP contribution in [0.2, 0.25) is 0 Å². The molecule has 0 aliphatic heterocycles. The molecule has 10 nitrogen and oxygen atoms in total. The molecule has 0 fully saturated rings. The summed E-state index contributed by atoms with van der Waals surface area (Å²) in [5.41, 5.74) is 0.406. The van der Waals surface area contributed by atoms with Crippen LogP contribution in [0.3, 0.4) is 0 Å². The Kier molecular flexibility index (Phi) is 7.58. The highest BCUT2D eigenvalue weighted by Gasteiger charge is 2.31. The smallest absolute Gasteiger partial charge is 0.302 e. The molecule has 0 spiro atoms. The minimum Gasteiger partial charge on any atom is -0.302 e. The lowest BCUT2D eigenvalue weighted by molar-refractivity contribution is 0.190. The molecule has 0 aromatic heterocycles. The molecule has 0 aromatic carbocycles. The fourth-order valence-corrected chi connectivity index (χ4v) is 2.49. The molecule has 0 aliphatic rings. The summed E-state index contributed by atoms with van der Waals surface area (Å²) >= 11 is 0. The van der Waals surface area contributed by atoms with E-state index in [4.69, 9.17) is 19.6 Å². The molecule has 0 radical (unpaired) electrons. The number of hydrogen-bond acceptors (Lipinski definition) is 6. The lowest BCUT2D eigenvalue weighted by atomic mass is 10.3. The third kappa shape index (κ3) is 11.1. The maximum atomic E-state index is 10.9. The van der Waals surface area contributed by atoms with Crippen LogP contribution in [0.4, 0.5) is 0 Å². The van der Waals surface area contributed by atoms with Crippen molar-refractivity contribution in [3.05, 3.63) is 11.6 Å². The number of phosphoric ester groups is 1. The summed E-state index contributed by atoms with van der Waals surface area (Å²) < 4.78 is 43.5. The summed E-state index contributed by atoms with van der Waals surface area (Å²) in [7, 11) is -12.7. The highest BCUT2D eigenvalue weighted by Crippen LogP contribution is 2.57. The second kappa shape index (κ2) is 7.57. The molecular weight excluding hydrogens is 313 g/mol. The standard InChI is InChI=1S/C5H11O10P3/c1-5(4-13-16(6)7)2-3-14-18(11,12)15-17(8,9)10/h2H,3-4H2,1H3,(H3-,6,7,8,9,10,11,12)/p+1. The van der Waals surface area contributed by atoms with Crippen molar-refractivity contribution < 1.29 is 46.6 Å². The van der Waals surface area contributed by atoms with Gasteiger partial charge in [0.25, 0.3) is 0 Å². The molecule has 0 aromatic rings. The fraction of sp³-hybridized carbons (Fsp3) is 0.600. The lowest BCUT2D eigenvalue weighted by Gasteiger charge is -2.11. The Hall–Kier alpha value is 0.0200. The second-order valence-corrected chi connectivity index (χ2v) is 6.46. The van der Waals surface area contributed by atoms with Gasteiger partial charge in [0.15, 0.2) is 0 Å². The van der Waals surface area contributed by atoms with Crippen molar-refractivity contribution in [3.63, 3.8) is 0 Å². The Balaban J connectivity index is 4.17. The van der Waals surface area contributed by atoms with Gasteiger partial charge in [-0.05, 0) is 12.5 Å². The topological polar surface area (TPSA) is 160 Å². The van der Waals surface area contributed by atoms with Gasteiger partial charge in [0.05, 0.1) is 6.61 Å². The predicted octanol–water partition coefficient (Wildman–Crippen LogP) is 0.825. The Morgan fingerprint density at radius 2 is 1.89 bits per heavy atom. The van der Waals surface area contributed by atoms with Gasteiger partial charge in [0.1, 0.15) is 6.61 Å². The van der Waals surface area contributed by atoms with Crippen molar-refractivity contribution >= 4 is 23.9 Å². The Bertz CT molecular complexity index is 410. The van der Waals surface area contributed by atoms with Crippen LogP contribution in [0.25, 0.3) is 0 Å². The molecule has 0 amide bonds. The van der Waals surface area contributed by atoms with Gasteiger partial charge in [-0.1, -0.05) is 6.08 Å². The summed E-state index contributed by atoms with van der Waals surface area (Å²) in [5.74, 6) is 0. The quantitative estimate of drug-likeness (QED) is 0.371. The van der Waals surface area contributed by atoms with Gasteiger partial charge in [0.2, 0.25) is 0 Å². The maximum Gasteiger partial charge on any atom is 0.695 e. The average molecular weight is 325 g/mol. The first-order chi connectivity index (χ1) is 8.02. The summed E-state index contributed by atoms with van der Waals surface area (Å²) in [4.78, 5) is 33.7. The van der Waals surface area contributed by atoms with E-state index in [0.717, 1.165) is 0 Å². The van der Waals surface area contributed by atoms with E-state index in [1.165, 1.54) is 13.0 Å². The fourth-order valence-electron chi connectivity index (χ4n) is 0.648. The van der Waals surface area contributed by atoms with Crippen LogP contribution < -0.4 is 0 Å². The van der Waals surface area contributed by atoms with Crippen LogP contribution in [0.15, 0.2) is 11.6 Å². The van der Waals surface area contributed by atoms with Gasteiger partial charge in [-0.25, -0.2) is 9.13 Å². The van der Waals surface area contributed by atoms with Gasteiger partial charge in [-0.2, -0.15) is 4.31 Å². The zero-order valence-corrected chi connectivity index (χ0v) is 11.8. The first-order valence-corrected chi connectivity index (χ1v) is 8.36. The van der Waals surface area contributed by atoms with Gasteiger partial charge in [-0.15, -0.1) is 9.42 Å². The molecule has 13 heteroatoms. The second-order valence-electron chi connectivity index (χ2n) is 2.90. The van der Waals surface area contributed by atoms with Crippen molar-refractivity contribution in [1.82, 2.24) is 0 Å². The molecule has 0 saturated heterocycles. The average Bonchev–Trinajstić information content (AvgIpc) is 2.10. The largest absolute Gasteiger partial charge is 0.695 e. The van der Waals surface area contributed by atoms with Gasteiger partial charge >= 0.3 is 23.9 Å². The van der Waals surface area contributed by atoms with E-state index < -0.39 is 30.5 Å². The molecule has 0 rings (SSSR count). The molecule has 18 heavy (non-hydrogen) atoms. The van der Waals surface area contributed by atoms with E-state index in [-0.39, 0.29) is 6.61 Å². The molecular formula is C5H12O10P3+. The van der Waals surface area contributed by atoms with Gasteiger partial charge < -0.3 is 14.7 Å². The first-order valence-electron chi connectivity index (χ1n) is 4.21. The zero-order valence-electron chi connectivity index (χ0n) is 9.07. The summed E-state index contributed by atoms with van der Waals surface area (Å²) in [5, 5.41) is 0. The summed E-state index contributed by atoms with van der Waals surface area (Å²) in [6.07, 6.45) is 1.21. The molecule has 2 unspecified atom stereocenters. The minimum atomic E-state index is -5.13. The van der Waals surface area contributed by atoms with E-state index in [1.807, 2.05) is 0 Å². The highest BCUT2D eigenvalue weighted by atomic mass is 31.3. The number of hydrogen-bond donors (Lipinski definition) is 4. The SMILES string of the molecule is CC(=CCOP(=O)(O)OP(=O)(O)O)CO[P+](=O)O. The normalized spacial score (nSPS) is 17.4. The molecule has 106 valence electrons. The maximum absolute atomic E-state index is 10.9. The summed E-state index contributed by atoms with van der Waals surface area (Å²) in [6, 6.07) is 0. The molecule has 0 bridgehead atoms. The van der Waals surface area contributed by atoms with Crippen molar-refractivity contribution in [3.8, 4) is 0 Å². The van der Waals surface area contributed by atoms with Crippen molar-refractivity contribution in [2.24, 2.45) is 0 Å². The van der Waals surface area contributed by atoms with Gasteiger partial charge in [0, 0.05) is 4.57 Å². The highest BCUT2D eigenvalue weighted by molar-refractivity contribution is 7.60. The Labute approximate surface area is 103 Å². The minimum absolute atomic E-state index is 0.204. The first kappa shape index (κ1) is 18.0. The van der Waals surface area contributed by atoms with Crippen LogP contribution >= 0.6 is 23.9 Å². The summed E-state index contributed by atoms with van der Waals surface area (Å²) in [6.45, 7) is 0.781. The van der Waals surface area contributed by atoms with E-state index >= 15 is 0 Å².